The zero-order chi connectivity index (χ0) is 12.7. The molecule has 0 radical (unpaired) electrons. The van der Waals surface area contributed by atoms with Gasteiger partial charge in [-0.25, -0.2) is 0 Å². The minimum absolute atomic E-state index is 0.104. The van der Waals surface area contributed by atoms with E-state index >= 15 is 0 Å². The van der Waals surface area contributed by atoms with Crippen molar-refractivity contribution in [1.82, 2.24) is 0 Å². The molecule has 96 valence electrons. The van der Waals surface area contributed by atoms with Gasteiger partial charge in [0.15, 0.2) is 11.5 Å². The van der Waals surface area contributed by atoms with Crippen LogP contribution in [0.25, 0.3) is 0 Å². The van der Waals surface area contributed by atoms with Crippen LogP contribution in [0.5, 0.6) is 11.5 Å². The van der Waals surface area contributed by atoms with Crippen molar-refractivity contribution >= 4 is 0 Å². The van der Waals surface area contributed by atoms with Crippen molar-refractivity contribution in [2.24, 2.45) is 5.73 Å². The van der Waals surface area contributed by atoms with E-state index in [-0.39, 0.29) is 6.61 Å². The molecular weight excluding hydrogens is 222 g/mol. The van der Waals surface area contributed by atoms with Crippen molar-refractivity contribution in [3.05, 3.63) is 23.8 Å². The van der Waals surface area contributed by atoms with Crippen molar-refractivity contribution in [1.29, 1.82) is 0 Å². The number of rotatable bonds is 7. The van der Waals surface area contributed by atoms with E-state index in [4.69, 9.17) is 25.1 Å². The number of methoxy groups -OCH3 is 2. The van der Waals surface area contributed by atoms with Gasteiger partial charge in [0.1, 0.15) is 6.61 Å². The van der Waals surface area contributed by atoms with Crippen molar-refractivity contribution in [3.63, 3.8) is 0 Å². The van der Waals surface area contributed by atoms with E-state index < -0.39 is 6.04 Å². The van der Waals surface area contributed by atoms with Crippen LogP contribution in [0.2, 0.25) is 0 Å². The number of nitrogens with two attached hydrogens (primary N) is 1. The summed E-state index contributed by atoms with van der Waals surface area (Å²) in [7, 11) is 3.18. The maximum atomic E-state index is 8.98. The van der Waals surface area contributed by atoms with Crippen LogP contribution in [0.15, 0.2) is 18.2 Å². The Labute approximate surface area is 101 Å². The van der Waals surface area contributed by atoms with Crippen molar-refractivity contribution in [2.75, 3.05) is 34.0 Å². The fourth-order valence-corrected chi connectivity index (χ4v) is 1.37. The van der Waals surface area contributed by atoms with Crippen LogP contribution in [-0.2, 0) is 4.74 Å². The average Bonchev–Trinajstić information content (AvgIpc) is 2.38. The average molecular weight is 241 g/mol. The van der Waals surface area contributed by atoms with Gasteiger partial charge in [0, 0.05) is 7.11 Å². The van der Waals surface area contributed by atoms with Gasteiger partial charge in [-0.2, -0.15) is 0 Å². The lowest BCUT2D eigenvalue weighted by molar-refractivity contribution is 0.144. The van der Waals surface area contributed by atoms with Gasteiger partial charge >= 0.3 is 0 Å². The molecule has 1 atom stereocenters. The van der Waals surface area contributed by atoms with Crippen molar-refractivity contribution < 1.29 is 19.3 Å². The molecule has 0 unspecified atom stereocenters. The summed E-state index contributed by atoms with van der Waals surface area (Å²) in [6.07, 6.45) is 0. The number of hydrogen-bond donors (Lipinski definition) is 2. The third-order valence-electron chi connectivity index (χ3n) is 2.36. The molecule has 1 rings (SSSR count). The lowest BCUT2D eigenvalue weighted by atomic mass is 10.1. The summed E-state index contributed by atoms with van der Waals surface area (Å²) in [6, 6.07) is 4.95. The van der Waals surface area contributed by atoms with E-state index in [1.807, 2.05) is 6.07 Å². The fraction of sp³-hybridized carbons (Fsp3) is 0.500. The molecule has 17 heavy (non-hydrogen) atoms. The molecule has 0 fully saturated rings. The van der Waals surface area contributed by atoms with Gasteiger partial charge in [-0.15, -0.1) is 0 Å². The van der Waals surface area contributed by atoms with E-state index in [9.17, 15) is 0 Å². The maximum Gasteiger partial charge on any atom is 0.161 e. The lowest BCUT2D eigenvalue weighted by Crippen LogP contribution is -2.14. The molecule has 0 aliphatic carbocycles. The largest absolute Gasteiger partial charge is 0.493 e. The maximum absolute atomic E-state index is 8.98. The molecule has 0 heterocycles. The van der Waals surface area contributed by atoms with Gasteiger partial charge in [-0.3, -0.25) is 0 Å². The Hall–Kier alpha value is -1.30. The molecule has 0 amide bonds. The molecule has 1 aromatic rings. The minimum atomic E-state index is -0.406. The summed E-state index contributed by atoms with van der Waals surface area (Å²) in [5.74, 6) is 1.24. The molecule has 0 saturated carbocycles. The lowest BCUT2D eigenvalue weighted by Gasteiger charge is -2.14. The first kappa shape index (κ1) is 13.8. The summed E-state index contributed by atoms with van der Waals surface area (Å²) in [4.78, 5) is 0. The highest BCUT2D eigenvalue weighted by Crippen LogP contribution is 2.29. The van der Waals surface area contributed by atoms with Crippen molar-refractivity contribution in [2.45, 2.75) is 6.04 Å². The van der Waals surface area contributed by atoms with Crippen LogP contribution >= 0.6 is 0 Å². The molecule has 3 N–H and O–H groups in total. The highest BCUT2D eigenvalue weighted by molar-refractivity contribution is 5.43. The van der Waals surface area contributed by atoms with E-state index in [1.165, 1.54) is 0 Å². The molecule has 1 aromatic carbocycles. The van der Waals surface area contributed by atoms with Gasteiger partial charge in [0.25, 0.3) is 0 Å². The van der Waals surface area contributed by atoms with Crippen LogP contribution in [0.1, 0.15) is 11.6 Å². The van der Waals surface area contributed by atoms with Gasteiger partial charge in [0.05, 0.1) is 26.4 Å². The number of hydrogen-bond acceptors (Lipinski definition) is 5. The third kappa shape index (κ3) is 3.89. The zero-order valence-corrected chi connectivity index (χ0v) is 10.2. The van der Waals surface area contributed by atoms with E-state index in [0.717, 1.165) is 5.56 Å². The van der Waals surface area contributed by atoms with Gasteiger partial charge in [-0.1, -0.05) is 6.07 Å². The second-order valence-corrected chi connectivity index (χ2v) is 3.54. The second kappa shape index (κ2) is 7.11. The first-order chi connectivity index (χ1) is 8.22. The molecule has 0 bridgehead atoms. The fourth-order valence-electron chi connectivity index (χ4n) is 1.37. The Morgan fingerprint density at radius 3 is 2.59 bits per heavy atom. The van der Waals surface area contributed by atoms with Gasteiger partial charge in [0.2, 0.25) is 0 Å². The number of aliphatic hydroxyl groups excluding tert-OH is 1. The molecule has 0 aliphatic rings. The number of benzene rings is 1. The normalized spacial score (nSPS) is 12.2. The second-order valence-electron chi connectivity index (χ2n) is 3.54. The van der Waals surface area contributed by atoms with Crippen molar-refractivity contribution in [3.8, 4) is 11.5 Å². The molecule has 0 aliphatic heterocycles. The predicted octanol–water partition coefficient (Wildman–Crippen LogP) is 0.713. The Morgan fingerprint density at radius 1 is 1.24 bits per heavy atom. The molecule has 5 nitrogen and oxygen atoms in total. The van der Waals surface area contributed by atoms with Crippen LogP contribution in [0.4, 0.5) is 0 Å². The van der Waals surface area contributed by atoms with Crippen LogP contribution in [-0.4, -0.2) is 39.1 Å². The molecular formula is C12H19NO4. The van der Waals surface area contributed by atoms with Gasteiger partial charge in [-0.05, 0) is 17.7 Å². The van der Waals surface area contributed by atoms with E-state index in [0.29, 0.717) is 24.7 Å². The monoisotopic (exact) mass is 241 g/mol. The molecule has 0 saturated heterocycles. The van der Waals surface area contributed by atoms with E-state index in [2.05, 4.69) is 0 Å². The SMILES string of the molecule is COCCOc1ccc([C@H](N)CO)cc1OC. The summed E-state index contributed by atoms with van der Waals surface area (Å²) >= 11 is 0. The summed E-state index contributed by atoms with van der Waals surface area (Å²) in [5.41, 5.74) is 6.53. The summed E-state index contributed by atoms with van der Waals surface area (Å²) in [5, 5.41) is 8.98. The van der Waals surface area contributed by atoms with Gasteiger partial charge < -0.3 is 25.1 Å². The standard InChI is InChI=1S/C12H19NO4/c1-15-5-6-17-11-4-3-9(10(13)8-14)7-12(11)16-2/h3-4,7,10,14H,5-6,8,13H2,1-2H3/t10-/m1/s1. The first-order valence-electron chi connectivity index (χ1n) is 5.39. The smallest absolute Gasteiger partial charge is 0.161 e. The summed E-state index contributed by atoms with van der Waals surface area (Å²) < 4.78 is 15.6. The number of ether oxygens (including phenoxy) is 3. The molecule has 0 aromatic heterocycles. The predicted molar refractivity (Wildman–Crippen MR) is 64.4 cm³/mol. The highest BCUT2D eigenvalue weighted by Gasteiger charge is 2.10. The van der Waals surface area contributed by atoms with E-state index in [1.54, 1.807) is 26.4 Å². The van der Waals surface area contributed by atoms with Crippen LogP contribution in [0.3, 0.4) is 0 Å². The number of aliphatic hydroxyl groups is 1. The zero-order valence-electron chi connectivity index (χ0n) is 10.2. The van der Waals surface area contributed by atoms with Crippen LogP contribution in [0, 0.1) is 0 Å². The minimum Gasteiger partial charge on any atom is -0.493 e. The molecule has 0 spiro atoms. The Bertz CT molecular complexity index is 343. The Kier molecular flexibility index (Phi) is 5.76. The Morgan fingerprint density at radius 2 is 2.00 bits per heavy atom. The Balaban J connectivity index is 2.78. The van der Waals surface area contributed by atoms with Crippen LogP contribution < -0.4 is 15.2 Å². The first-order valence-corrected chi connectivity index (χ1v) is 5.39. The molecule has 5 heteroatoms. The highest BCUT2D eigenvalue weighted by atomic mass is 16.5. The summed E-state index contributed by atoms with van der Waals surface area (Å²) in [6.45, 7) is 0.867. The topological polar surface area (TPSA) is 73.9 Å². The third-order valence-corrected chi connectivity index (χ3v) is 2.36. The quantitative estimate of drug-likeness (QED) is 0.688.